The molecule has 132 valence electrons. The highest BCUT2D eigenvalue weighted by Gasteiger charge is 2.35. The quantitative estimate of drug-likeness (QED) is 0.774. The molecule has 1 aromatic rings. The Hall–Kier alpha value is -1.55. The number of nitrogens with one attached hydrogen (secondary N) is 1. The second-order valence-corrected chi connectivity index (χ2v) is 7.58. The predicted molar refractivity (Wildman–Crippen MR) is 97.3 cm³/mol. The largest absolute Gasteiger partial charge is 0.494 e. The van der Waals surface area contributed by atoms with Gasteiger partial charge in [-0.15, -0.1) is 0 Å². The van der Waals surface area contributed by atoms with E-state index >= 15 is 0 Å². The summed E-state index contributed by atoms with van der Waals surface area (Å²) in [5.74, 6) is 2.85. The second-order valence-electron chi connectivity index (χ2n) is 7.58. The van der Waals surface area contributed by atoms with E-state index in [1.165, 1.54) is 32.4 Å². The van der Waals surface area contributed by atoms with Gasteiger partial charge in [-0.05, 0) is 55.4 Å². The van der Waals surface area contributed by atoms with E-state index in [4.69, 9.17) is 4.74 Å². The maximum absolute atomic E-state index is 11.7. The zero-order chi connectivity index (χ0) is 16.9. The number of amides is 1. The Kier molecular flexibility index (Phi) is 5.77. The molecule has 24 heavy (non-hydrogen) atoms. The van der Waals surface area contributed by atoms with Gasteiger partial charge in [-0.1, -0.05) is 20.3 Å². The van der Waals surface area contributed by atoms with E-state index in [1.807, 2.05) is 38.1 Å². The van der Waals surface area contributed by atoms with Crippen molar-refractivity contribution >= 4 is 11.6 Å². The van der Waals surface area contributed by atoms with Crippen LogP contribution in [0.15, 0.2) is 24.3 Å². The molecule has 0 radical (unpaired) electrons. The third-order valence-corrected chi connectivity index (χ3v) is 5.34. The molecule has 1 aliphatic heterocycles. The van der Waals surface area contributed by atoms with Gasteiger partial charge in [-0.25, -0.2) is 0 Å². The molecular weight excluding hydrogens is 300 g/mol. The van der Waals surface area contributed by atoms with Crippen molar-refractivity contribution in [2.45, 2.75) is 39.5 Å². The summed E-state index contributed by atoms with van der Waals surface area (Å²) in [7, 11) is 0. The molecule has 2 fully saturated rings. The molecule has 0 bridgehead atoms. The first-order valence-corrected chi connectivity index (χ1v) is 9.38. The van der Waals surface area contributed by atoms with Crippen LogP contribution in [0.1, 0.15) is 39.5 Å². The number of carbonyl (C=O) groups excluding carboxylic acids is 1. The van der Waals surface area contributed by atoms with Crippen molar-refractivity contribution in [2.75, 3.05) is 31.6 Å². The summed E-state index contributed by atoms with van der Waals surface area (Å²) in [6, 6.07) is 7.65. The summed E-state index contributed by atoms with van der Waals surface area (Å²) in [4.78, 5) is 14.3. The monoisotopic (exact) mass is 330 g/mol. The zero-order valence-corrected chi connectivity index (χ0v) is 15.0. The third-order valence-electron chi connectivity index (χ3n) is 5.34. The van der Waals surface area contributed by atoms with Crippen molar-refractivity contribution in [1.82, 2.24) is 4.90 Å². The van der Waals surface area contributed by atoms with Crippen LogP contribution in [0.25, 0.3) is 0 Å². The molecule has 2 aliphatic rings. The number of carbonyl (C=O) groups is 1. The van der Waals surface area contributed by atoms with E-state index in [9.17, 15) is 4.79 Å². The van der Waals surface area contributed by atoms with Crippen LogP contribution in [0.2, 0.25) is 0 Å². The Morgan fingerprint density at radius 3 is 2.50 bits per heavy atom. The van der Waals surface area contributed by atoms with E-state index in [-0.39, 0.29) is 11.8 Å². The Morgan fingerprint density at radius 2 is 1.88 bits per heavy atom. The molecule has 4 heteroatoms. The molecule has 1 N–H and O–H groups in total. The number of benzene rings is 1. The van der Waals surface area contributed by atoms with Gasteiger partial charge < -0.3 is 15.0 Å². The van der Waals surface area contributed by atoms with Gasteiger partial charge in [-0.2, -0.15) is 0 Å². The fourth-order valence-corrected chi connectivity index (χ4v) is 3.91. The molecule has 1 saturated carbocycles. The highest BCUT2D eigenvalue weighted by atomic mass is 16.5. The van der Waals surface area contributed by atoms with Gasteiger partial charge in [0.15, 0.2) is 0 Å². The Morgan fingerprint density at radius 1 is 1.21 bits per heavy atom. The molecule has 2 unspecified atom stereocenters. The first-order chi connectivity index (χ1) is 11.6. The van der Waals surface area contributed by atoms with E-state index in [2.05, 4.69) is 10.2 Å². The lowest BCUT2D eigenvalue weighted by atomic mass is 10.0. The minimum absolute atomic E-state index is 0.00829. The summed E-state index contributed by atoms with van der Waals surface area (Å²) in [6.07, 6.45) is 5.40. The van der Waals surface area contributed by atoms with Crippen molar-refractivity contribution < 1.29 is 9.53 Å². The predicted octanol–water partition coefficient (Wildman–Crippen LogP) is 3.78. The molecule has 3 rings (SSSR count). The van der Waals surface area contributed by atoms with E-state index in [1.54, 1.807) is 0 Å². The van der Waals surface area contributed by atoms with Crippen LogP contribution in [-0.2, 0) is 4.79 Å². The maximum Gasteiger partial charge on any atom is 0.226 e. The van der Waals surface area contributed by atoms with Gasteiger partial charge in [0.25, 0.3) is 0 Å². The summed E-state index contributed by atoms with van der Waals surface area (Å²) in [5.41, 5.74) is 0.824. The van der Waals surface area contributed by atoms with Gasteiger partial charge in [0.1, 0.15) is 5.75 Å². The number of ether oxygens (including phenoxy) is 1. The van der Waals surface area contributed by atoms with Crippen LogP contribution in [0, 0.1) is 17.8 Å². The van der Waals surface area contributed by atoms with Crippen LogP contribution in [0.5, 0.6) is 5.75 Å². The lowest BCUT2D eigenvalue weighted by Crippen LogP contribution is -2.24. The van der Waals surface area contributed by atoms with E-state index < -0.39 is 0 Å². The van der Waals surface area contributed by atoms with Gasteiger partial charge >= 0.3 is 0 Å². The Balaban J connectivity index is 1.34. The van der Waals surface area contributed by atoms with Crippen molar-refractivity contribution in [3.05, 3.63) is 24.3 Å². The summed E-state index contributed by atoms with van der Waals surface area (Å²) < 4.78 is 5.83. The van der Waals surface area contributed by atoms with Crippen LogP contribution in [0.4, 0.5) is 5.69 Å². The summed E-state index contributed by atoms with van der Waals surface area (Å²) >= 11 is 0. The first kappa shape index (κ1) is 17.3. The van der Waals surface area contributed by atoms with Crippen molar-refractivity contribution in [2.24, 2.45) is 17.8 Å². The number of likely N-dealkylation sites (tertiary alicyclic amines) is 1. The fourth-order valence-electron chi connectivity index (χ4n) is 3.91. The van der Waals surface area contributed by atoms with Crippen molar-refractivity contribution in [3.63, 3.8) is 0 Å². The maximum atomic E-state index is 11.7. The number of fused-ring (bicyclic) bond motifs is 1. The minimum Gasteiger partial charge on any atom is -0.494 e. The van der Waals surface area contributed by atoms with Crippen LogP contribution in [-0.4, -0.2) is 37.0 Å². The standard InChI is InChI=1S/C20H30N2O2/c1-15(2)20(23)21-18-7-9-19(10-8-18)24-12-4-11-22-13-16-5-3-6-17(16)14-22/h7-10,15-17H,3-6,11-14H2,1-2H3,(H,21,23). The van der Waals surface area contributed by atoms with Crippen LogP contribution >= 0.6 is 0 Å². The molecular formula is C20H30N2O2. The SMILES string of the molecule is CC(C)C(=O)Nc1ccc(OCCCN2CC3CCCC3C2)cc1. The van der Waals surface area contributed by atoms with E-state index in [0.29, 0.717) is 0 Å². The highest BCUT2D eigenvalue weighted by Crippen LogP contribution is 2.37. The molecule has 1 aliphatic carbocycles. The Labute approximate surface area is 145 Å². The summed E-state index contributed by atoms with van der Waals surface area (Å²) in [6.45, 7) is 8.28. The molecule has 1 saturated heterocycles. The fraction of sp³-hybridized carbons (Fsp3) is 0.650. The third kappa shape index (κ3) is 4.50. The second kappa shape index (κ2) is 8.02. The summed E-state index contributed by atoms with van der Waals surface area (Å²) in [5, 5.41) is 2.89. The number of hydrogen-bond donors (Lipinski definition) is 1. The number of anilines is 1. The molecule has 1 amide bonds. The molecule has 2 atom stereocenters. The highest BCUT2D eigenvalue weighted by molar-refractivity contribution is 5.92. The minimum atomic E-state index is -0.00829. The lowest BCUT2D eigenvalue weighted by Gasteiger charge is -2.16. The van der Waals surface area contributed by atoms with Crippen LogP contribution in [0.3, 0.4) is 0 Å². The smallest absolute Gasteiger partial charge is 0.226 e. The van der Waals surface area contributed by atoms with Crippen LogP contribution < -0.4 is 10.1 Å². The zero-order valence-electron chi connectivity index (χ0n) is 15.0. The number of hydrogen-bond acceptors (Lipinski definition) is 3. The Bertz CT molecular complexity index is 529. The van der Waals surface area contributed by atoms with Crippen molar-refractivity contribution in [3.8, 4) is 5.75 Å². The van der Waals surface area contributed by atoms with Gasteiger partial charge in [0.2, 0.25) is 5.91 Å². The first-order valence-electron chi connectivity index (χ1n) is 9.38. The normalized spacial score (nSPS) is 23.5. The van der Waals surface area contributed by atoms with Gasteiger partial charge in [0.05, 0.1) is 6.61 Å². The average Bonchev–Trinajstić information content (AvgIpc) is 3.14. The number of nitrogens with zero attached hydrogens (tertiary/aromatic N) is 1. The molecule has 1 heterocycles. The van der Waals surface area contributed by atoms with E-state index in [0.717, 1.165) is 42.8 Å². The average molecular weight is 330 g/mol. The van der Waals surface area contributed by atoms with Gasteiger partial charge in [-0.3, -0.25) is 4.79 Å². The topological polar surface area (TPSA) is 41.6 Å². The van der Waals surface area contributed by atoms with Gasteiger partial charge in [0, 0.05) is 31.2 Å². The molecule has 0 spiro atoms. The molecule has 1 aromatic carbocycles. The molecule has 4 nitrogen and oxygen atoms in total. The number of rotatable bonds is 7. The lowest BCUT2D eigenvalue weighted by molar-refractivity contribution is -0.118. The van der Waals surface area contributed by atoms with Crippen molar-refractivity contribution in [1.29, 1.82) is 0 Å². The molecule has 0 aromatic heterocycles.